The van der Waals surface area contributed by atoms with Gasteiger partial charge in [-0.25, -0.2) is 0 Å². The molecular weight excluding hydrogens is 252 g/mol. The summed E-state index contributed by atoms with van der Waals surface area (Å²) in [4.78, 5) is 19.3. The van der Waals surface area contributed by atoms with Gasteiger partial charge >= 0.3 is 87.7 Å². The van der Waals surface area contributed by atoms with Crippen LogP contribution < -0.4 is 98.0 Å². The Bertz CT molecular complexity index is 144. The maximum absolute atomic E-state index is 9.63. The predicted octanol–water partition coefficient (Wildman–Crippen LogP) is -10.8. The van der Waals surface area contributed by atoms with E-state index in [2.05, 4.69) is 0 Å². The Kier molecular flexibility index (Phi) is 14.8. The Hall–Kier alpha value is 1.67. The van der Waals surface area contributed by atoms with Crippen molar-refractivity contribution in [3.63, 3.8) is 0 Å². The summed E-state index contributed by atoms with van der Waals surface area (Å²) in [5.74, 6) is -4.12. The van der Waals surface area contributed by atoms with Gasteiger partial charge in [-0.15, -0.1) is 0 Å². The van der Waals surface area contributed by atoms with Crippen molar-refractivity contribution >= 4 is 11.9 Å². The van der Waals surface area contributed by atoms with Gasteiger partial charge in [0.1, 0.15) is 12.2 Å². The Labute approximate surface area is 139 Å². The van der Waals surface area contributed by atoms with Gasteiger partial charge in [0.2, 0.25) is 0 Å². The zero-order valence-electron chi connectivity index (χ0n) is 6.68. The van der Waals surface area contributed by atoms with Crippen LogP contribution in [-0.2, 0) is 9.59 Å². The van der Waals surface area contributed by atoms with Crippen LogP contribution in [0.1, 0.15) is 0 Å². The van der Waals surface area contributed by atoms with E-state index >= 15 is 0 Å². The predicted molar refractivity (Wildman–Crippen MR) is 22.0 cm³/mol. The fourth-order valence-electron chi connectivity index (χ4n) is 0.258. The van der Waals surface area contributed by atoms with Gasteiger partial charge < -0.3 is 30.0 Å². The van der Waals surface area contributed by atoms with E-state index in [0.29, 0.717) is 0 Å². The molecule has 0 aliphatic rings. The number of rotatable bonds is 3. The molecule has 0 spiro atoms. The Morgan fingerprint density at radius 1 is 1.00 bits per heavy atom. The summed E-state index contributed by atoms with van der Waals surface area (Å²) in [6.07, 6.45) is -4.88. The molecule has 58 valence electrons. The normalized spacial score (nSPS) is 13.2. The van der Waals surface area contributed by atoms with Gasteiger partial charge in [0.25, 0.3) is 0 Å². The first-order chi connectivity index (χ1) is 4.46. The first-order valence-electron chi connectivity index (χ1n) is 2.24. The van der Waals surface area contributed by atoms with Gasteiger partial charge in [0.15, 0.2) is 0 Å². The number of aliphatic hydroxyl groups excluding tert-OH is 2. The van der Waals surface area contributed by atoms with Crippen LogP contribution in [0.4, 0.5) is 0 Å². The molecule has 2 atom stereocenters. The summed E-state index contributed by atoms with van der Waals surface area (Å²) in [7, 11) is 0. The molecule has 8 heteroatoms. The van der Waals surface area contributed by atoms with E-state index in [9.17, 15) is 19.8 Å². The smallest absolute Gasteiger partial charge is 0.547 e. The molecule has 2 N–H and O–H groups in total. The van der Waals surface area contributed by atoms with Crippen molar-refractivity contribution < 1.29 is 118 Å². The molecule has 0 fully saturated rings. The standard InChI is InChI=1S/C4H6O6.Na.Rb/c5-1(3(7)8)2(6)4(9)10;;/h1-2,5-6H,(H,7,8)(H,9,10);;/q;2*+1/p-2. The van der Waals surface area contributed by atoms with Crippen molar-refractivity contribution in [2.45, 2.75) is 12.2 Å². The van der Waals surface area contributed by atoms with Gasteiger partial charge in [-0.1, -0.05) is 0 Å². The quantitative estimate of drug-likeness (QED) is 0.484. The van der Waals surface area contributed by atoms with Crippen LogP contribution in [0, 0.1) is 0 Å². The third-order valence-corrected chi connectivity index (χ3v) is 0.782. The second kappa shape index (κ2) is 9.23. The summed E-state index contributed by atoms with van der Waals surface area (Å²) < 4.78 is 0. The topological polar surface area (TPSA) is 121 Å². The monoisotopic (exact) mass is 256 g/mol. The van der Waals surface area contributed by atoms with Crippen LogP contribution in [0.15, 0.2) is 0 Å². The molecule has 0 aromatic heterocycles. The van der Waals surface area contributed by atoms with Crippen molar-refractivity contribution in [2.75, 3.05) is 0 Å². The van der Waals surface area contributed by atoms with Crippen molar-refractivity contribution in [1.29, 1.82) is 0 Å². The molecular formula is C4H4NaO6Rb. The Balaban J connectivity index is -0.000000405. The molecule has 0 aromatic rings. The van der Waals surface area contributed by atoms with Gasteiger partial charge in [-0.05, 0) is 0 Å². The van der Waals surface area contributed by atoms with Gasteiger partial charge in [-0.3, -0.25) is 0 Å². The number of carboxylic acids is 2. The van der Waals surface area contributed by atoms with E-state index in [0.717, 1.165) is 0 Å². The number of aliphatic hydroxyl groups is 2. The van der Waals surface area contributed by atoms with Gasteiger partial charge in [0, 0.05) is 0 Å². The number of carbonyl (C=O) groups excluding carboxylic acids is 2. The van der Waals surface area contributed by atoms with E-state index in [1.54, 1.807) is 0 Å². The maximum Gasteiger partial charge on any atom is 1.00 e. The Morgan fingerprint density at radius 2 is 1.17 bits per heavy atom. The summed E-state index contributed by atoms with van der Waals surface area (Å²) in [6, 6.07) is 0. The second-order valence-electron chi connectivity index (χ2n) is 1.53. The molecule has 0 radical (unpaired) electrons. The van der Waals surface area contributed by atoms with Crippen LogP contribution >= 0.6 is 0 Å². The SMILES string of the molecule is O=C([O-])C(O)C(O)C(=O)[O-].[Na+].[Rb+]. The molecule has 0 saturated heterocycles. The minimum absolute atomic E-state index is 0. The van der Waals surface area contributed by atoms with Crippen molar-refractivity contribution in [3.05, 3.63) is 0 Å². The molecule has 2 unspecified atom stereocenters. The van der Waals surface area contributed by atoms with E-state index in [1.165, 1.54) is 0 Å². The van der Waals surface area contributed by atoms with Gasteiger partial charge in [0.05, 0.1) is 11.9 Å². The molecule has 0 bridgehead atoms. The molecule has 0 aromatic carbocycles. The molecule has 0 saturated carbocycles. The summed E-state index contributed by atoms with van der Waals surface area (Å²) >= 11 is 0. The second-order valence-corrected chi connectivity index (χ2v) is 1.53. The molecule has 0 heterocycles. The molecule has 0 aliphatic heterocycles. The van der Waals surface area contributed by atoms with E-state index in [-0.39, 0.29) is 87.7 Å². The minimum atomic E-state index is -2.44. The summed E-state index contributed by atoms with van der Waals surface area (Å²) in [6.45, 7) is 0. The van der Waals surface area contributed by atoms with Crippen LogP contribution in [0.2, 0.25) is 0 Å². The maximum atomic E-state index is 9.63. The number of hydrogen-bond acceptors (Lipinski definition) is 6. The summed E-state index contributed by atoms with van der Waals surface area (Å²) in [5, 5.41) is 35.7. The molecule has 0 amide bonds. The van der Waals surface area contributed by atoms with Crippen LogP contribution in [0.25, 0.3) is 0 Å². The fourth-order valence-corrected chi connectivity index (χ4v) is 0.258. The zero-order valence-corrected chi connectivity index (χ0v) is 13.6. The average molecular weight is 257 g/mol. The van der Waals surface area contributed by atoms with Crippen LogP contribution in [0.3, 0.4) is 0 Å². The van der Waals surface area contributed by atoms with E-state index < -0.39 is 24.1 Å². The third-order valence-electron chi connectivity index (χ3n) is 0.782. The van der Waals surface area contributed by atoms with Crippen molar-refractivity contribution in [3.8, 4) is 0 Å². The van der Waals surface area contributed by atoms with Crippen LogP contribution in [0.5, 0.6) is 0 Å². The van der Waals surface area contributed by atoms with Crippen molar-refractivity contribution in [1.82, 2.24) is 0 Å². The molecule has 0 rings (SSSR count). The van der Waals surface area contributed by atoms with E-state index in [4.69, 9.17) is 10.2 Å². The summed E-state index contributed by atoms with van der Waals surface area (Å²) in [5.41, 5.74) is 0. The molecule has 6 nitrogen and oxygen atoms in total. The molecule has 0 aliphatic carbocycles. The zero-order chi connectivity index (χ0) is 8.31. The third kappa shape index (κ3) is 7.11. The Morgan fingerprint density at radius 3 is 1.25 bits per heavy atom. The number of carbonyl (C=O) groups is 2. The number of aliphatic carboxylic acids is 2. The van der Waals surface area contributed by atoms with Crippen LogP contribution in [-0.4, -0.2) is 34.4 Å². The minimum Gasteiger partial charge on any atom is -0.547 e. The molecule has 12 heavy (non-hydrogen) atoms. The fraction of sp³-hybridized carbons (Fsp3) is 0.500. The largest absolute Gasteiger partial charge is 1.00 e. The number of hydrogen-bond donors (Lipinski definition) is 2. The number of carboxylic acid groups (broad SMARTS) is 2. The van der Waals surface area contributed by atoms with E-state index in [1.807, 2.05) is 0 Å². The van der Waals surface area contributed by atoms with Crippen molar-refractivity contribution in [2.24, 2.45) is 0 Å². The van der Waals surface area contributed by atoms with Gasteiger partial charge in [-0.2, -0.15) is 0 Å². The first-order valence-corrected chi connectivity index (χ1v) is 2.24. The average Bonchev–Trinajstić information content (AvgIpc) is 1.84. The first kappa shape index (κ1) is 19.3.